The maximum absolute atomic E-state index is 11.5. The highest BCUT2D eigenvalue weighted by molar-refractivity contribution is 6.31. The molecule has 0 aliphatic rings. The van der Waals surface area contributed by atoms with Crippen LogP contribution < -0.4 is 10.6 Å². The molecule has 2 N–H and O–H groups in total. The van der Waals surface area contributed by atoms with Gasteiger partial charge in [-0.2, -0.15) is 0 Å². The van der Waals surface area contributed by atoms with Gasteiger partial charge in [0.1, 0.15) is 0 Å². The molecule has 1 rings (SSSR count). The molecule has 0 fully saturated rings. The van der Waals surface area contributed by atoms with E-state index in [0.29, 0.717) is 16.6 Å². The van der Waals surface area contributed by atoms with E-state index < -0.39 is 0 Å². The molecule has 0 saturated carbocycles. The highest BCUT2D eigenvalue weighted by atomic mass is 35.5. The fourth-order valence-corrected chi connectivity index (χ4v) is 1.39. The standard InChI is InChI=1S/C13H17ClN2O/c1-9(2)7-8-15-13(17)16-12-6-4-5-11(14)10(12)3/h4-9H,1-3H3,(H2,15,16,17)/b8-7+. The van der Waals surface area contributed by atoms with Crippen molar-refractivity contribution in [1.29, 1.82) is 0 Å². The second-order valence-electron chi connectivity index (χ2n) is 4.11. The molecule has 0 aliphatic heterocycles. The van der Waals surface area contributed by atoms with Crippen molar-refractivity contribution in [1.82, 2.24) is 5.32 Å². The summed E-state index contributed by atoms with van der Waals surface area (Å²) in [5.41, 5.74) is 1.57. The van der Waals surface area contributed by atoms with E-state index in [1.807, 2.05) is 32.9 Å². The number of anilines is 1. The van der Waals surface area contributed by atoms with Gasteiger partial charge in [0.25, 0.3) is 0 Å². The highest BCUT2D eigenvalue weighted by Crippen LogP contribution is 2.22. The Bertz CT molecular complexity index is 427. The third-order valence-corrected chi connectivity index (χ3v) is 2.62. The largest absolute Gasteiger partial charge is 0.323 e. The quantitative estimate of drug-likeness (QED) is 0.841. The predicted octanol–water partition coefficient (Wildman–Crippen LogP) is 3.94. The van der Waals surface area contributed by atoms with Crippen molar-refractivity contribution in [2.45, 2.75) is 20.8 Å². The van der Waals surface area contributed by atoms with Crippen molar-refractivity contribution in [2.75, 3.05) is 5.32 Å². The van der Waals surface area contributed by atoms with Gasteiger partial charge < -0.3 is 10.6 Å². The third kappa shape index (κ3) is 4.49. The lowest BCUT2D eigenvalue weighted by molar-refractivity contribution is 0.255. The number of benzene rings is 1. The molecule has 92 valence electrons. The van der Waals surface area contributed by atoms with Crippen molar-refractivity contribution >= 4 is 23.3 Å². The molecule has 3 nitrogen and oxygen atoms in total. The fraction of sp³-hybridized carbons (Fsp3) is 0.308. The van der Waals surface area contributed by atoms with Gasteiger partial charge in [0.2, 0.25) is 0 Å². The van der Waals surface area contributed by atoms with Crippen LogP contribution in [0.1, 0.15) is 19.4 Å². The van der Waals surface area contributed by atoms with Crippen molar-refractivity contribution < 1.29 is 4.79 Å². The van der Waals surface area contributed by atoms with Crippen molar-refractivity contribution in [3.05, 3.63) is 41.1 Å². The Morgan fingerprint density at radius 2 is 2.12 bits per heavy atom. The van der Waals surface area contributed by atoms with E-state index in [2.05, 4.69) is 10.6 Å². The van der Waals surface area contributed by atoms with Crippen molar-refractivity contribution in [3.8, 4) is 0 Å². The van der Waals surface area contributed by atoms with Crippen LogP contribution in [0.2, 0.25) is 5.02 Å². The number of carbonyl (C=O) groups excluding carboxylic acids is 1. The van der Waals surface area contributed by atoms with Crippen LogP contribution in [-0.2, 0) is 0 Å². The van der Waals surface area contributed by atoms with Crippen LogP contribution in [0.5, 0.6) is 0 Å². The minimum atomic E-state index is -0.271. The Morgan fingerprint density at radius 3 is 2.76 bits per heavy atom. The number of rotatable bonds is 3. The van der Waals surface area contributed by atoms with Gasteiger partial charge in [-0.05, 0) is 30.5 Å². The maximum Gasteiger partial charge on any atom is 0.323 e. The van der Waals surface area contributed by atoms with Crippen LogP contribution in [0.3, 0.4) is 0 Å². The normalized spacial score (nSPS) is 10.9. The molecule has 0 heterocycles. The number of nitrogens with one attached hydrogen (secondary N) is 2. The summed E-state index contributed by atoms with van der Waals surface area (Å²) < 4.78 is 0. The predicted molar refractivity (Wildman–Crippen MR) is 72.3 cm³/mol. The number of amides is 2. The number of carbonyl (C=O) groups is 1. The molecular weight excluding hydrogens is 236 g/mol. The smallest absolute Gasteiger partial charge is 0.315 e. The molecule has 17 heavy (non-hydrogen) atoms. The number of urea groups is 1. The third-order valence-electron chi connectivity index (χ3n) is 2.21. The van der Waals surface area contributed by atoms with E-state index in [1.54, 1.807) is 18.3 Å². The van der Waals surface area contributed by atoms with Crippen LogP contribution in [0.15, 0.2) is 30.5 Å². The number of allylic oxidation sites excluding steroid dienone is 1. The Balaban J connectivity index is 2.60. The number of hydrogen-bond acceptors (Lipinski definition) is 1. The average molecular weight is 253 g/mol. The molecular formula is C13H17ClN2O. The van der Waals surface area contributed by atoms with E-state index in [1.165, 1.54) is 0 Å². The van der Waals surface area contributed by atoms with Crippen molar-refractivity contribution in [2.24, 2.45) is 5.92 Å². The Labute approximate surface area is 107 Å². The summed E-state index contributed by atoms with van der Waals surface area (Å²) in [5, 5.41) is 6.01. The molecule has 0 aromatic heterocycles. The summed E-state index contributed by atoms with van der Waals surface area (Å²) in [4.78, 5) is 11.5. The first-order valence-electron chi connectivity index (χ1n) is 5.50. The van der Waals surface area contributed by atoms with Crippen LogP contribution in [0, 0.1) is 12.8 Å². The lowest BCUT2D eigenvalue weighted by Gasteiger charge is -2.08. The van der Waals surface area contributed by atoms with Gasteiger partial charge in [-0.15, -0.1) is 0 Å². The molecule has 2 amide bonds. The average Bonchev–Trinajstić information content (AvgIpc) is 2.24. The van der Waals surface area contributed by atoms with Gasteiger partial charge in [-0.3, -0.25) is 0 Å². The summed E-state index contributed by atoms with van der Waals surface area (Å²) in [6, 6.07) is 5.13. The van der Waals surface area contributed by atoms with E-state index >= 15 is 0 Å². The van der Waals surface area contributed by atoms with E-state index in [-0.39, 0.29) is 6.03 Å². The Hall–Kier alpha value is -1.48. The first-order chi connectivity index (χ1) is 8.00. The van der Waals surface area contributed by atoms with Gasteiger partial charge in [0, 0.05) is 16.9 Å². The number of halogens is 1. The zero-order valence-electron chi connectivity index (χ0n) is 10.3. The lowest BCUT2D eigenvalue weighted by Crippen LogP contribution is -2.24. The van der Waals surface area contributed by atoms with Crippen LogP contribution >= 0.6 is 11.6 Å². The molecule has 1 aromatic carbocycles. The highest BCUT2D eigenvalue weighted by Gasteiger charge is 2.04. The molecule has 0 aliphatic carbocycles. The molecule has 0 unspecified atom stereocenters. The molecule has 1 aromatic rings. The SMILES string of the molecule is Cc1c(Cl)cccc1NC(=O)N/C=C/C(C)C. The van der Waals surface area contributed by atoms with Crippen LogP contribution in [0.25, 0.3) is 0 Å². The van der Waals surface area contributed by atoms with Gasteiger partial charge >= 0.3 is 6.03 Å². The first kappa shape index (κ1) is 13.6. The molecule has 0 radical (unpaired) electrons. The van der Waals surface area contributed by atoms with Gasteiger partial charge in [-0.1, -0.05) is 37.6 Å². The van der Waals surface area contributed by atoms with E-state index in [9.17, 15) is 4.79 Å². The maximum atomic E-state index is 11.5. The molecule has 0 spiro atoms. The summed E-state index contributed by atoms with van der Waals surface area (Å²) in [5.74, 6) is 0.406. The first-order valence-corrected chi connectivity index (χ1v) is 5.88. The molecule has 0 bridgehead atoms. The Morgan fingerprint density at radius 1 is 1.41 bits per heavy atom. The Kier molecular flexibility index (Phi) is 5.04. The number of hydrogen-bond donors (Lipinski definition) is 2. The van der Waals surface area contributed by atoms with Crippen molar-refractivity contribution in [3.63, 3.8) is 0 Å². The minimum Gasteiger partial charge on any atom is -0.315 e. The van der Waals surface area contributed by atoms with Gasteiger partial charge in [0.05, 0.1) is 0 Å². The summed E-state index contributed by atoms with van der Waals surface area (Å²) in [6.45, 7) is 5.94. The summed E-state index contributed by atoms with van der Waals surface area (Å²) >= 11 is 5.96. The van der Waals surface area contributed by atoms with Crippen LogP contribution in [-0.4, -0.2) is 6.03 Å². The second-order valence-corrected chi connectivity index (χ2v) is 4.52. The summed E-state index contributed by atoms with van der Waals surface area (Å²) in [6.07, 6.45) is 3.55. The monoisotopic (exact) mass is 252 g/mol. The van der Waals surface area contributed by atoms with E-state index in [0.717, 1.165) is 5.56 Å². The zero-order chi connectivity index (χ0) is 12.8. The van der Waals surface area contributed by atoms with Gasteiger partial charge in [-0.25, -0.2) is 4.79 Å². The van der Waals surface area contributed by atoms with Gasteiger partial charge in [0.15, 0.2) is 0 Å². The molecule has 4 heteroatoms. The topological polar surface area (TPSA) is 41.1 Å². The lowest BCUT2D eigenvalue weighted by atomic mass is 10.2. The second kappa shape index (κ2) is 6.30. The van der Waals surface area contributed by atoms with Crippen LogP contribution in [0.4, 0.5) is 10.5 Å². The minimum absolute atomic E-state index is 0.271. The molecule has 0 saturated heterocycles. The summed E-state index contributed by atoms with van der Waals surface area (Å²) in [7, 11) is 0. The van der Waals surface area contributed by atoms with E-state index in [4.69, 9.17) is 11.6 Å². The fourth-order valence-electron chi connectivity index (χ4n) is 1.22. The zero-order valence-corrected chi connectivity index (χ0v) is 11.0. The molecule has 0 atom stereocenters.